The van der Waals surface area contributed by atoms with Crippen molar-refractivity contribution in [1.82, 2.24) is 5.32 Å². The summed E-state index contributed by atoms with van der Waals surface area (Å²) in [5.74, 6) is -2.42. The van der Waals surface area contributed by atoms with Crippen LogP contribution in [0.5, 0.6) is 0 Å². The Balaban J connectivity index is 0.00000121. The monoisotopic (exact) mass is 245 g/mol. The van der Waals surface area contributed by atoms with Crippen LogP contribution in [0.4, 0.5) is 8.78 Å². The van der Waals surface area contributed by atoms with Crippen LogP contribution in [-0.4, -0.2) is 11.0 Å². The third kappa shape index (κ3) is 4.48. The van der Waals surface area contributed by atoms with Crippen molar-refractivity contribution in [3.8, 4) is 0 Å². The van der Waals surface area contributed by atoms with Crippen molar-refractivity contribution < 1.29 is 18.7 Å². The molecule has 1 rings (SSSR count). The summed E-state index contributed by atoms with van der Waals surface area (Å²) in [6.07, 6.45) is 0. The molecule has 0 aromatic heterocycles. The Labute approximate surface area is 99.5 Å². The minimum atomic E-state index is -1.07. The standard InChI is InChI=1S/C10H11F2NO2.C2H6/c1-6(15)13-4-7-2-3-8(5-14)10(12)9(7)11;1-2/h2-3,14H,4-5H2,1H3,(H,13,15);1-2H3. The Hall–Kier alpha value is -1.49. The highest BCUT2D eigenvalue weighted by Gasteiger charge is 2.12. The molecule has 0 aliphatic rings. The first kappa shape index (κ1) is 15.5. The molecule has 96 valence electrons. The molecular formula is C12H17F2NO2. The highest BCUT2D eigenvalue weighted by molar-refractivity contribution is 5.72. The Morgan fingerprint density at radius 3 is 2.18 bits per heavy atom. The smallest absolute Gasteiger partial charge is 0.217 e. The zero-order valence-corrected chi connectivity index (χ0v) is 10.2. The van der Waals surface area contributed by atoms with Gasteiger partial charge >= 0.3 is 0 Å². The van der Waals surface area contributed by atoms with Gasteiger partial charge in [0.25, 0.3) is 0 Å². The number of aliphatic hydroxyl groups is 1. The van der Waals surface area contributed by atoms with Gasteiger partial charge in [0.1, 0.15) is 0 Å². The first-order chi connectivity index (χ1) is 8.06. The van der Waals surface area contributed by atoms with Crippen molar-refractivity contribution in [2.24, 2.45) is 0 Å². The Morgan fingerprint density at radius 2 is 1.71 bits per heavy atom. The number of amides is 1. The molecule has 0 heterocycles. The van der Waals surface area contributed by atoms with E-state index in [1.165, 1.54) is 19.1 Å². The second kappa shape index (κ2) is 7.73. The van der Waals surface area contributed by atoms with Crippen LogP contribution in [0.25, 0.3) is 0 Å². The molecule has 1 aromatic rings. The van der Waals surface area contributed by atoms with Crippen molar-refractivity contribution in [3.63, 3.8) is 0 Å². The maximum Gasteiger partial charge on any atom is 0.217 e. The largest absolute Gasteiger partial charge is 0.392 e. The van der Waals surface area contributed by atoms with E-state index in [9.17, 15) is 13.6 Å². The van der Waals surface area contributed by atoms with Gasteiger partial charge in [-0.05, 0) is 0 Å². The maximum atomic E-state index is 13.3. The molecule has 3 nitrogen and oxygen atoms in total. The number of carbonyl (C=O) groups excluding carboxylic acids is 1. The quantitative estimate of drug-likeness (QED) is 0.857. The Bertz CT molecular complexity index is 381. The summed E-state index contributed by atoms with van der Waals surface area (Å²) in [5.41, 5.74) is -0.0426. The minimum absolute atomic E-state index is 0.0555. The number of benzene rings is 1. The molecule has 1 amide bonds. The van der Waals surface area contributed by atoms with E-state index in [0.717, 1.165) is 0 Å². The van der Waals surface area contributed by atoms with E-state index in [4.69, 9.17) is 5.11 Å². The fourth-order valence-electron chi connectivity index (χ4n) is 1.11. The fourth-order valence-corrected chi connectivity index (χ4v) is 1.11. The lowest BCUT2D eigenvalue weighted by Gasteiger charge is -2.07. The Kier molecular flexibility index (Phi) is 7.05. The molecule has 1 aromatic carbocycles. The van der Waals surface area contributed by atoms with E-state index in [2.05, 4.69) is 5.32 Å². The molecule has 2 N–H and O–H groups in total. The number of halogens is 2. The molecule has 0 spiro atoms. The van der Waals surface area contributed by atoms with Crippen LogP contribution >= 0.6 is 0 Å². The SMILES string of the molecule is CC.CC(=O)NCc1ccc(CO)c(F)c1F. The van der Waals surface area contributed by atoms with Crippen LogP contribution < -0.4 is 5.32 Å². The number of hydrogen-bond donors (Lipinski definition) is 2. The van der Waals surface area contributed by atoms with E-state index < -0.39 is 18.2 Å². The molecule has 5 heteroatoms. The van der Waals surface area contributed by atoms with Gasteiger partial charge in [0, 0.05) is 24.6 Å². The van der Waals surface area contributed by atoms with Crippen molar-refractivity contribution in [2.75, 3.05) is 0 Å². The molecule has 0 aliphatic heterocycles. The van der Waals surface area contributed by atoms with Crippen molar-refractivity contribution in [3.05, 3.63) is 34.9 Å². The lowest BCUT2D eigenvalue weighted by Crippen LogP contribution is -2.20. The second-order valence-electron chi connectivity index (χ2n) is 3.08. The van der Waals surface area contributed by atoms with Gasteiger partial charge in [0.15, 0.2) is 11.6 Å². The predicted octanol–water partition coefficient (Wildman–Crippen LogP) is 2.12. The third-order valence-electron chi connectivity index (χ3n) is 1.94. The highest BCUT2D eigenvalue weighted by Crippen LogP contribution is 2.16. The third-order valence-corrected chi connectivity index (χ3v) is 1.94. The van der Waals surface area contributed by atoms with Crippen LogP contribution in [-0.2, 0) is 17.9 Å². The van der Waals surface area contributed by atoms with Gasteiger partial charge in [-0.1, -0.05) is 26.0 Å². The summed E-state index contributed by atoms with van der Waals surface area (Å²) in [7, 11) is 0. The minimum Gasteiger partial charge on any atom is -0.392 e. The number of nitrogens with one attached hydrogen (secondary N) is 1. The summed E-state index contributed by atoms with van der Waals surface area (Å²) in [4.78, 5) is 10.6. The van der Waals surface area contributed by atoms with Gasteiger partial charge in [-0.3, -0.25) is 4.79 Å². The van der Waals surface area contributed by atoms with Gasteiger partial charge in [-0.15, -0.1) is 0 Å². The van der Waals surface area contributed by atoms with Crippen molar-refractivity contribution in [1.29, 1.82) is 0 Å². The van der Waals surface area contributed by atoms with Gasteiger partial charge in [-0.25, -0.2) is 8.78 Å². The van der Waals surface area contributed by atoms with Crippen LogP contribution in [0.3, 0.4) is 0 Å². The zero-order chi connectivity index (χ0) is 13.4. The number of carbonyl (C=O) groups is 1. The lowest BCUT2D eigenvalue weighted by atomic mass is 10.1. The molecule has 0 aliphatic carbocycles. The average molecular weight is 245 g/mol. The van der Waals surface area contributed by atoms with Crippen LogP contribution in [0.15, 0.2) is 12.1 Å². The van der Waals surface area contributed by atoms with Crippen molar-refractivity contribution >= 4 is 5.91 Å². The Morgan fingerprint density at radius 1 is 1.24 bits per heavy atom. The number of rotatable bonds is 3. The normalized spacial score (nSPS) is 9.29. The summed E-state index contributed by atoms with van der Waals surface area (Å²) >= 11 is 0. The van der Waals surface area contributed by atoms with Crippen LogP contribution in [0, 0.1) is 11.6 Å². The second-order valence-corrected chi connectivity index (χ2v) is 3.08. The summed E-state index contributed by atoms with van der Waals surface area (Å²) in [6.45, 7) is 4.67. The molecule has 0 fully saturated rings. The van der Waals surface area contributed by atoms with Crippen LogP contribution in [0.2, 0.25) is 0 Å². The van der Waals surface area contributed by atoms with E-state index in [1.807, 2.05) is 13.8 Å². The van der Waals surface area contributed by atoms with E-state index >= 15 is 0 Å². The zero-order valence-electron chi connectivity index (χ0n) is 10.2. The summed E-state index contributed by atoms with van der Waals surface area (Å²) < 4.78 is 26.4. The molecule has 0 atom stereocenters. The molecule has 0 bridgehead atoms. The van der Waals surface area contributed by atoms with Crippen molar-refractivity contribution in [2.45, 2.75) is 33.9 Å². The number of aliphatic hydroxyl groups excluding tert-OH is 1. The molecule has 0 radical (unpaired) electrons. The predicted molar refractivity (Wildman–Crippen MR) is 61.1 cm³/mol. The number of hydrogen-bond acceptors (Lipinski definition) is 2. The molecule has 0 saturated carbocycles. The molecular weight excluding hydrogens is 228 g/mol. The summed E-state index contributed by atoms with van der Waals surface area (Å²) in [6, 6.07) is 2.62. The fraction of sp³-hybridized carbons (Fsp3) is 0.417. The van der Waals surface area contributed by atoms with Gasteiger partial charge in [0.05, 0.1) is 6.61 Å². The summed E-state index contributed by atoms with van der Waals surface area (Å²) in [5, 5.41) is 11.0. The topological polar surface area (TPSA) is 49.3 Å². The van der Waals surface area contributed by atoms with Gasteiger partial charge in [0.2, 0.25) is 5.91 Å². The first-order valence-corrected chi connectivity index (χ1v) is 5.37. The van der Waals surface area contributed by atoms with Gasteiger partial charge < -0.3 is 10.4 Å². The maximum absolute atomic E-state index is 13.3. The lowest BCUT2D eigenvalue weighted by molar-refractivity contribution is -0.119. The van der Waals surface area contributed by atoms with E-state index in [-0.39, 0.29) is 23.6 Å². The molecule has 0 saturated heterocycles. The van der Waals surface area contributed by atoms with Crippen LogP contribution in [0.1, 0.15) is 31.9 Å². The molecule has 0 unspecified atom stereocenters. The molecule has 17 heavy (non-hydrogen) atoms. The van der Waals surface area contributed by atoms with E-state index in [1.54, 1.807) is 0 Å². The van der Waals surface area contributed by atoms with Gasteiger partial charge in [-0.2, -0.15) is 0 Å². The average Bonchev–Trinajstić information content (AvgIpc) is 2.33. The highest BCUT2D eigenvalue weighted by atomic mass is 19.2. The first-order valence-electron chi connectivity index (χ1n) is 5.37. The van der Waals surface area contributed by atoms with E-state index in [0.29, 0.717) is 0 Å².